The van der Waals surface area contributed by atoms with Crippen molar-refractivity contribution in [3.63, 3.8) is 0 Å². The molecule has 21 heavy (non-hydrogen) atoms. The van der Waals surface area contributed by atoms with E-state index in [9.17, 15) is 13.9 Å². The SMILES string of the molecule is CCCCOCCOCC(O)CNc1cc(F)cc(F)c1. The predicted molar refractivity (Wildman–Crippen MR) is 77.4 cm³/mol. The Morgan fingerprint density at radius 1 is 1.10 bits per heavy atom. The van der Waals surface area contributed by atoms with E-state index in [1.165, 1.54) is 0 Å². The fourth-order valence-electron chi connectivity index (χ4n) is 1.64. The Balaban J connectivity index is 2.09. The molecule has 0 aromatic heterocycles. The summed E-state index contributed by atoms with van der Waals surface area (Å²) >= 11 is 0. The number of anilines is 1. The standard InChI is InChI=1S/C15H23F2NO3/c1-2-3-4-20-5-6-21-11-15(19)10-18-14-8-12(16)7-13(17)9-14/h7-9,15,18-19H,2-6,10-11H2,1H3. The van der Waals surface area contributed by atoms with Crippen molar-refractivity contribution in [1.82, 2.24) is 0 Å². The van der Waals surface area contributed by atoms with E-state index in [1.807, 2.05) is 0 Å². The summed E-state index contributed by atoms with van der Waals surface area (Å²) in [5.41, 5.74) is 0.287. The summed E-state index contributed by atoms with van der Waals surface area (Å²) in [6.07, 6.45) is 1.36. The Hall–Kier alpha value is -1.24. The molecule has 0 saturated heterocycles. The highest BCUT2D eigenvalue weighted by Crippen LogP contribution is 2.12. The van der Waals surface area contributed by atoms with Gasteiger partial charge < -0.3 is 19.9 Å². The lowest BCUT2D eigenvalue weighted by Gasteiger charge is -2.13. The highest BCUT2D eigenvalue weighted by molar-refractivity contribution is 5.43. The summed E-state index contributed by atoms with van der Waals surface area (Å²) in [6.45, 7) is 4.01. The summed E-state index contributed by atoms with van der Waals surface area (Å²) in [5, 5.41) is 12.4. The van der Waals surface area contributed by atoms with Gasteiger partial charge in [0.2, 0.25) is 0 Å². The zero-order valence-electron chi connectivity index (χ0n) is 12.3. The molecular weight excluding hydrogens is 280 g/mol. The van der Waals surface area contributed by atoms with Crippen LogP contribution in [-0.4, -0.2) is 44.2 Å². The third kappa shape index (κ3) is 8.60. The second-order valence-corrected chi connectivity index (χ2v) is 4.73. The summed E-state index contributed by atoms with van der Waals surface area (Å²) in [7, 11) is 0. The normalized spacial score (nSPS) is 12.4. The van der Waals surface area contributed by atoms with E-state index < -0.39 is 17.7 Å². The van der Waals surface area contributed by atoms with Crippen LogP contribution in [0.2, 0.25) is 0 Å². The van der Waals surface area contributed by atoms with Gasteiger partial charge in [-0.3, -0.25) is 0 Å². The summed E-state index contributed by atoms with van der Waals surface area (Å²) in [4.78, 5) is 0. The minimum atomic E-state index is -0.757. The number of unbranched alkanes of at least 4 members (excludes halogenated alkanes) is 1. The molecule has 6 heteroatoms. The molecule has 0 radical (unpaired) electrons. The third-order valence-electron chi connectivity index (χ3n) is 2.73. The first kappa shape index (κ1) is 17.8. The Morgan fingerprint density at radius 3 is 2.43 bits per heavy atom. The predicted octanol–water partition coefficient (Wildman–Crippen LogP) is 2.57. The van der Waals surface area contributed by atoms with Crippen LogP contribution in [0.5, 0.6) is 0 Å². The van der Waals surface area contributed by atoms with Crippen molar-refractivity contribution < 1.29 is 23.4 Å². The molecule has 0 aliphatic rings. The number of hydrogen-bond donors (Lipinski definition) is 2. The molecule has 0 bridgehead atoms. The van der Waals surface area contributed by atoms with Crippen LogP contribution in [0.25, 0.3) is 0 Å². The van der Waals surface area contributed by atoms with E-state index in [0.29, 0.717) is 13.2 Å². The van der Waals surface area contributed by atoms with E-state index >= 15 is 0 Å². The highest BCUT2D eigenvalue weighted by Gasteiger charge is 2.06. The second kappa shape index (κ2) is 10.5. The number of ether oxygens (including phenoxy) is 2. The van der Waals surface area contributed by atoms with Crippen molar-refractivity contribution in [3.8, 4) is 0 Å². The third-order valence-corrected chi connectivity index (χ3v) is 2.73. The van der Waals surface area contributed by atoms with Gasteiger partial charge in [-0.15, -0.1) is 0 Å². The first-order valence-electron chi connectivity index (χ1n) is 7.15. The number of hydrogen-bond acceptors (Lipinski definition) is 4. The highest BCUT2D eigenvalue weighted by atomic mass is 19.1. The number of benzene rings is 1. The minimum Gasteiger partial charge on any atom is -0.389 e. The van der Waals surface area contributed by atoms with Gasteiger partial charge in [0.1, 0.15) is 11.6 Å². The van der Waals surface area contributed by atoms with Gasteiger partial charge in [0.25, 0.3) is 0 Å². The van der Waals surface area contributed by atoms with E-state index in [2.05, 4.69) is 12.2 Å². The van der Waals surface area contributed by atoms with Gasteiger partial charge in [0.05, 0.1) is 25.9 Å². The molecule has 4 nitrogen and oxygen atoms in total. The summed E-state index contributed by atoms with van der Waals surface area (Å²) < 4.78 is 36.4. The lowest BCUT2D eigenvalue weighted by Crippen LogP contribution is -2.25. The maximum Gasteiger partial charge on any atom is 0.128 e. The molecule has 0 aliphatic heterocycles. The van der Waals surface area contributed by atoms with Crippen LogP contribution in [0.15, 0.2) is 18.2 Å². The molecule has 0 saturated carbocycles. The molecule has 0 fully saturated rings. The van der Waals surface area contributed by atoms with Crippen molar-refractivity contribution in [1.29, 1.82) is 0 Å². The van der Waals surface area contributed by atoms with Crippen LogP contribution in [0.1, 0.15) is 19.8 Å². The molecule has 1 rings (SSSR count). The number of halogens is 2. The zero-order valence-corrected chi connectivity index (χ0v) is 12.3. The molecule has 1 unspecified atom stereocenters. The molecule has 1 atom stereocenters. The largest absolute Gasteiger partial charge is 0.389 e. The van der Waals surface area contributed by atoms with Gasteiger partial charge in [-0.1, -0.05) is 13.3 Å². The number of rotatable bonds is 11. The van der Waals surface area contributed by atoms with Crippen LogP contribution in [0.3, 0.4) is 0 Å². The molecule has 1 aromatic rings. The Kier molecular flexibility index (Phi) is 8.89. The molecule has 0 spiro atoms. The summed E-state index contributed by atoms with van der Waals surface area (Å²) in [6, 6.07) is 3.12. The number of aliphatic hydroxyl groups is 1. The van der Waals surface area contributed by atoms with Gasteiger partial charge in [-0.25, -0.2) is 8.78 Å². The topological polar surface area (TPSA) is 50.7 Å². The molecule has 0 heterocycles. The van der Waals surface area contributed by atoms with E-state index in [0.717, 1.165) is 37.6 Å². The van der Waals surface area contributed by atoms with E-state index in [4.69, 9.17) is 9.47 Å². The monoisotopic (exact) mass is 303 g/mol. The molecular formula is C15H23F2NO3. The smallest absolute Gasteiger partial charge is 0.128 e. The fraction of sp³-hybridized carbons (Fsp3) is 0.600. The molecule has 2 N–H and O–H groups in total. The first-order valence-corrected chi connectivity index (χ1v) is 7.15. The van der Waals surface area contributed by atoms with E-state index in [1.54, 1.807) is 0 Å². The molecule has 120 valence electrons. The van der Waals surface area contributed by atoms with Gasteiger partial charge in [-0.2, -0.15) is 0 Å². The van der Waals surface area contributed by atoms with Crippen LogP contribution >= 0.6 is 0 Å². The summed E-state index contributed by atoms with van der Waals surface area (Å²) in [5.74, 6) is -1.32. The quantitative estimate of drug-likeness (QED) is 0.617. The van der Waals surface area contributed by atoms with Gasteiger partial charge in [0.15, 0.2) is 0 Å². The lowest BCUT2D eigenvalue weighted by molar-refractivity contribution is 0.00749. The molecule has 0 amide bonds. The minimum absolute atomic E-state index is 0.141. The van der Waals surface area contributed by atoms with E-state index in [-0.39, 0.29) is 18.8 Å². The maximum absolute atomic E-state index is 12.9. The number of aliphatic hydroxyl groups excluding tert-OH is 1. The van der Waals surface area contributed by atoms with Crippen molar-refractivity contribution >= 4 is 5.69 Å². The van der Waals surface area contributed by atoms with Crippen LogP contribution < -0.4 is 5.32 Å². The van der Waals surface area contributed by atoms with Crippen molar-refractivity contribution in [2.45, 2.75) is 25.9 Å². The van der Waals surface area contributed by atoms with Crippen molar-refractivity contribution in [2.75, 3.05) is 38.3 Å². The average molecular weight is 303 g/mol. The van der Waals surface area contributed by atoms with Gasteiger partial charge >= 0.3 is 0 Å². The van der Waals surface area contributed by atoms with Crippen molar-refractivity contribution in [2.24, 2.45) is 0 Å². The Bertz CT molecular complexity index is 384. The second-order valence-electron chi connectivity index (χ2n) is 4.73. The van der Waals surface area contributed by atoms with Gasteiger partial charge in [0, 0.05) is 24.9 Å². The van der Waals surface area contributed by atoms with Crippen LogP contribution in [-0.2, 0) is 9.47 Å². The van der Waals surface area contributed by atoms with Gasteiger partial charge in [-0.05, 0) is 18.6 Å². The zero-order chi connectivity index (χ0) is 15.5. The molecule has 1 aromatic carbocycles. The Morgan fingerprint density at radius 2 is 1.76 bits per heavy atom. The number of nitrogens with one attached hydrogen (secondary N) is 1. The lowest BCUT2D eigenvalue weighted by atomic mass is 10.3. The van der Waals surface area contributed by atoms with Crippen LogP contribution in [0, 0.1) is 11.6 Å². The first-order chi connectivity index (χ1) is 10.1. The fourth-order valence-corrected chi connectivity index (χ4v) is 1.64. The van der Waals surface area contributed by atoms with Crippen molar-refractivity contribution in [3.05, 3.63) is 29.8 Å². The average Bonchev–Trinajstić information content (AvgIpc) is 2.43. The Labute approximate surface area is 124 Å². The maximum atomic E-state index is 12.9. The molecule has 0 aliphatic carbocycles. The van der Waals surface area contributed by atoms with Crippen LogP contribution in [0.4, 0.5) is 14.5 Å².